The second kappa shape index (κ2) is 11.8. The van der Waals surface area contributed by atoms with Crippen molar-refractivity contribution in [3.63, 3.8) is 0 Å². The maximum atomic E-state index is 12.6. The Balaban J connectivity index is 1.43. The molecule has 10 heteroatoms. The van der Waals surface area contributed by atoms with Crippen molar-refractivity contribution in [3.05, 3.63) is 86.9 Å². The Hall–Kier alpha value is -3.75. The predicted octanol–water partition coefficient (Wildman–Crippen LogP) is 5.41. The monoisotopic (exact) mass is 555 g/mol. The van der Waals surface area contributed by atoms with Crippen molar-refractivity contribution in [1.29, 1.82) is 0 Å². The molecule has 4 rings (SSSR count). The van der Waals surface area contributed by atoms with Crippen LogP contribution in [0.15, 0.2) is 54.6 Å². The molecule has 1 aliphatic rings. The van der Waals surface area contributed by atoms with Gasteiger partial charge in [-0.05, 0) is 55.7 Å². The number of fused-ring (bicyclic) bond motifs is 1. The summed E-state index contributed by atoms with van der Waals surface area (Å²) in [6.07, 6.45) is 2.04. The molecule has 1 aliphatic heterocycles. The van der Waals surface area contributed by atoms with Crippen LogP contribution in [0.3, 0.4) is 0 Å². The Morgan fingerprint density at radius 3 is 2.53 bits per heavy atom. The van der Waals surface area contributed by atoms with E-state index in [2.05, 4.69) is 28.5 Å². The largest absolute Gasteiger partial charge is 0.487 e. The summed E-state index contributed by atoms with van der Waals surface area (Å²) in [5.74, 6) is -1.74. The number of amides is 2. The number of aryl methyl sites for hydroxylation is 1. The summed E-state index contributed by atoms with van der Waals surface area (Å²) < 4.78 is 6.16. The van der Waals surface area contributed by atoms with Crippen LogP contribution in [-0.2, 0) is 17.8 Å². The molecule has 3 aromatic carbocycles. The van der Waals surface area contributed by atoms with Crippen LogP contribution in [0.1, 0.15) is 45.2 Å². The SMILES string of the molecule is CC1CCc2cccc(OCc3c(Cl)ccc(NC(=O)CNC(=O)c4ccccc4C(=O)O)c3Cl)c2N1C. The zero-order valence-electron chi connectivity index (χ0n) is 20.9. The molecule has 0 radical (unpaired) electrons. The van der Waals surface area contributed by atoms with E-state index in [1.54, 1.807) is 18.2 Å². The number of benzene rings is 3. The first-order valence-electron chi connectivity index (χ1n) is 12.0. The van der Waals surface area contributed by atoms with E-state index in [4.69, 9.17) is 27.9 Å². The second-order valence-electron chi connectivity index (χ2n) is 9.02. The molecular formula is C28H27Cl2N3O5. The molecule has 2 amide bonds. The molecule has 0 fully saturated rings. The Bertz CT molecular complexity index is 1390. The first-order valence-corrected chi connectivity index (χ1v) is 12.8. The van der Waals surface area contributed by atoms with E-state index in [0.717, 1.165) is 24.3 Å². The van der Waals surface area contributed by atoms with Crippen molar-refractivity contribution in [1.82, 2.24) is 5.32 Å². The highest BCUT2D eigenvalue weighted by molar-refractivity contribution is 6.38. The number of halogens is 2. The van der Waals surface area contributed by atoms with E-state index in [1.807, 2.05) is 19.2 Å². The Morgan fingerprint density at radius 2 is 1.79 bits per heavy atom. The third-order valence-electron chi connectivity index (χ3n) is 6.57. The lowest BCUT2D eigenvalue weighted by molar-refractivity contribution is -0.115. The van der Waals surface area contributed by atoms with Gasteiger partial charge in [0.05, 0.1) is 34.1 Å². The minimum Gasteiger partial charge on any atom is -0.487 e. The van der Waals surface area contributed by atoms with Crippen molar-refractivity contribution in [2.45, 2.75) is 32.4 Å². The van der Waals surface area contributed by atoms with Gasteiger partial charge < -0.3 is 25.4 Å². The van der Waals surface area contributed by atoms with E-state index in [0.29, 0.717) is 22.3 Å². The first kappa shape index (κ1) is 27.3. The van der Waals surface area contributed by atoms with Crippen LogP contribution in [0.2, 0.25) is 10.0 Å². The van der Waals surface area contributed by atoms with Gasteiger partial charge in [-0.3, -0.25) is 9.59 Å². The van der Waals surface area contributed by atoms with Crippen molar-refractivity contribution in [3.8, 4) is 5.75 Å². The molecule has 1 atom stereocenters. The average molecular weight is 556 g/mol. The number of hydrogen-bond acceptors (Lipinski definition) is 5. The lowest BCUT2D eigenvalue weighted by Crippen LogP contribution is -2.34. The molecule has 1 heterocycles. The lowest BCUT2D eigenvalue weighted by atomic mass is 9.97. The van der Waals surface area contributed by atoms with Crippen molar-refractivity contribution in [2.75, 3.05) is 23.8 Å². The zero-order valence-corrected chi connectivity index (χ0v) is 22.4. The zero-order chi connectivity index (χ0) is 27.4. The van der Waals surface area contributed by atoms with Crippen LogP contribution < -0.4 is 20.3 Å². The van der Waals surface area contributed by atoms with E-state index in [-0.39, 0.29) is 22.8 Å². The quantitative estimate of drug-likeness (QED) is 0.343. The number of nitrogens with zero attached hydrogens (tertiary/aromatic N) is 1. The number of anilines is 2. The van der Waals surface area contributed by atoms with Crippen LogP contribution in [0.4, 0.5) is 11.4 Å². The number of carbonyl (C=O) groups is 3. The van der Waals surface area contributed by atoms with Gasteiger partial charge in [0.2, 0.25) is 5.91 Å². The van der Waals surface area contributed by atoms with Gasteiger partial charge in [0, 0.05) is 23.7 Å². The second-order valence-corrected chi connectivity index (χ2v) is 9.81. The molecule has 38 heavy (non-hydrogen) atoms. The van der Waals surface area contributed by atoms with Crippen molar-refractivity contribution < 1.29 is 24.2 Å². The molecule has 3 aromatic rings. The lowest BCUT2D eigenvalue weighted by Gasteiger charge is -2.35. The number of ether oxygens (including phenoxy) is 1. The van der Waals surface area contributed by atoms with Gasteiger partial charge in [-0.25, -0.2) is 4.79 Å². The van der Waals surface area contributed by atoms with E-state index < -0.39 is 24.3 Å². The molecular weight excluding hydrogens is 529 g/mol. The highest BCUT2D eigenvalue weighted by atomic mass is 35.5. The number of hydrogen-bond donors (Lipinski definition) is 3. The highest BCUT2D eigenvalue weighted by Crippen LogP contribution is 2.39. The minimum absolute atomic E-state index is 0.0418. The molecule has 3 N–H and O–H groups in total. The number of carboxylic acid groups (broad SMARTS) is 1. The number of para-hydroxylation sites is 1. The fourth-order valence-electron chi connectivity index (χ4n) is 4.36. The molecule has 1 unspecified atom stereocenters. The fraction of sp³-hybridized carbons (Fsp3) is 0.250. The summed E-state index contributed by atoms with van der Waals surface area (Å²) in [5.41, 5.74) is 2.88. The van der Waals surface area contributed by atoms with Crippen LogP contribution in [0.5, 0.6) is 5.75 Å². The number of carboxylic acids is 1. The smallest absolute Gasteiger partial charge is 0.336 e. The minimum atomic E-state index is -1.24. The maximum absolute atomic E-state index is 12.6. The van der Waals surface area contributed by atoms with Gasteiger partial charge in [-0.1, -0.05) is 47.5 Å². The summed E-state index contributed by atoms with van der Waals surface area (Å²) in [4.78, 5) is 38.5. The van der Waals surface area contributed by atoms with Crippen LogP contribution >= 0.6 is 23.2 Å². The third kappa shape index (κ3) is 5.87. The molecule has 0 saturated carbocycles. The van der Waals surface area contributed by atoms with Crippen LogP contribution in [0, 0.1) is 0 Å². The van der Waals surface area contributed by atoms with Gasteiger partial charge in [-0.2, -0.15) is 0 Å². The number of aromatic carboxylic acids is 1. The number of carbonyl (C=O) groups excluding carboxylic acids is 2. The summed E-state index contributed by atoms with van der Waals surface area (Å²) >= 11 is 13.0. The normalized spacial score (nSPS) is 14.4. The van der Waals surface area contributed by atoms with E-state index >= 15 is 0 Å². The van der Waals surface area contributed by atoms with Gasteiger partial charge in [0.25, 0.3) is 5.91 Å². The van der Waals surface area contributed by atoms with Gasteiger partial charge >= 0.3 is 5.97 Å². The van der Waals surface area contributed by atoms with Crippen LogP contribution in [-0.4, -0.2) is 42.5 Å². The van der Waals surface area contributed by atoms with Crippen molar-refractivity contribution in [2.24, 2.45) is 0 Å². The standard InChI is InChI=1S/C28H27Cl2N3O5/c1-16-10-11-17-6-5-9-23(26(17)33(16)2)38-15-20-21(29)12-13-22(25(20)30)32-24(34)14-31-27(35)18-7-3-4-8-19(18)28(36)37/h3-9,12-13,16H,10-11,14-15H2,1-2H3,(H,31,35)(H,32,34)(H,36,37). The molecule has 0 bridgehead atoms. The van der Waals surface area contributed by atoms with E-state index in [1.165, 1.54) is 23.8 Å². The summed E-state index contributed by atoms with van der Waals surface area (Å²) in [5, 5.41) is 15.0. The topological polar surface area (TPSA) is 108 Å². The van der Waals surface area contributed by atoms with Gasteiger partial charge in [0.1, 0.15) is 12.4 Å². The molecule has 0 aliphatic carbocycles. The molecule has 198 valence electrons. The molecule has 0 saturated heterocycles. The van der Waals surface area contributed by atoms with Gasteiger partial charge in [0.15, 0.2) is 0 Å². The highest BCUT2D eigenvalue weighted by Gasteiger charge is 2.24. The van der Waals surface area contributed by atoms with Crippen molar-refractivity contribution >= 4 is 52.4 Å². The Labute approximate surface area is 230 Å². The fourth-order valence-corrected chi connectivity index (χ4v) is 4.89. The van der Waals surface area contributed by atoms with Gasteiger partial charge in [-0.15, -0.1) is 0 Å². The summed E-state index contributed by atoms with van der Waals surface area (Å²) in [6, 6.07) is 15.3. The number of nitrogens with one attached hydrogen (secondary N) is 2. The predicted molar refractivity (Wildman–Crippen MR) is 148 cm³/mol. The third-order valence-corrected chi connectivity index (χ3v) is 7.36. The Kier molecular flexibility index (Phi) is 8.44. The Morgan fingerprint density at radius 1 is 1.05 bits per heavy atom. The first-order chi connectivity index (χ1) is 18.2. The summed E-state index contributed by atoms with van der Waals surface area (Å²) in [7, 11) is 2.05. The molecule has 0 aromatic heterocycles. The maximum Gasteiger partial charge on any atom is 0.336 e. The van der Waals surface area contributed by atoms with Crippen LogP contribution in [0.25, 0.3) is 0 Å². The molecule has 0 spiro atoms. The number of rotatable bonds is 8. The summed E-state index contributed by atoms with van der Waals surface area (Å²) in [6.45, 7) is 1.87. The molecule has 8 nitrogen and oxygen atoms in total. The van der Waals surface area contributed by atoms with E-state index in [9.17, 15) is 19.5 Å². The average Bonchev–Trinajstić information content (AvgIpc) is 2.91.